The highest BCUT2D eigenvalue weighted by molar-refractivity contribution is 5.38. The first-order valence-electron chi connectivity index (χ1n) is 12.2. The number of aliphatic hydroxyl groups is 3. The minimum Gasteiger partial charge on any atom is -0.393 e. The van der Waals surface area contributed by atoms with Gasteiger partial charge in [0.1, 0.15) is 0 Å². The van der Waals surface area contributed by atoms with Gasteiger partial charge in [-0.05, 0) is 93.1 Å². The summed E-state index contributed by atoms with van der Waals surface area (Å²) in [6, 6.07) is 0. The third-order valence-electron chi connectivity index (χ3n) is 8.44. The van der Waals surface area contributed by atoms with Gasteiger partial charge in [0.15, 0.2) is 0 Å². The van der Waals surface area contributed by atoms with Crippen molar-refractivity contribution in [2.45, 2.75) is 110 Å². The van der Waals surface area contributed by atoms with Gasteiger partial charge in [0.05, 0.1) is 17.8 Å². The van der Waals surface area contributed by atoms with Gasteiger partial charge in [-0.1, -0.05) is 51.0 Å². The standard InChI is InChI=1S/C27H44O3/c1-18(8-6-14-26(3,4)30)23-12-13-24-20(9-7-15-27(23,24)5)10-11-21-16-22(28)17-25(29)19(21)2/h10-11,18,22-25,28-30H,2,6-9,12-17H2,1,3-5H3/b20-10-,21-11+/t18-,22-,23?,24?,25+,27?/m1/s1. The molecule has 0 aromatic carbocycles. The Kier molecular flexibility index (Phi) is 7.37. The molecule has 170 valence electrons. The maximum atomic E-state index is 10.1. The summed E-state index contributed by atoms with van der Waals surface area (Å²) in [6.45, 7) is 12.8. The van der Waals surface area contributed by atoms with Crippen LogP contribution in [0, 0.1) is 23.2 Å². The summed E-state index contributed by atoms with van der Waals surface area (Å²) < 4.78 is 0. The lowest BCUT2D eigenvalue weighted by Gasteiger charge is -2.44. The fourth-order valence-electron chi connectivity index (χ4n) is 6.74. The largest absolute Gasteiger partial charge is 0.393 e. The normalized spacial score (nSPS) is 38.8. The molecule has 0 aromatic heterocycles. The first-order valence-corrected chi connectivity index (χ1v) is 12.2. The highest BCUT2D eigenvalue weighted by Crippen LogP contribution is 2.60. The Hall–Kier alpha value is -0.900. The van der Waals surface area contributed by atoms with Gasteiger partial charge in [-0.25, -0.2) is 0 Å². The molecule has 3 aliphatic carbocycles. The summed E-state index contributed by atoms with van der Waals surface area (Å²) in [6.07, 6.45) is 13.9. The van der Waals surface area contributed by atoms with Crippen LogP contribution in [0.2, 0.25) is 0 Å². The second kappa shape index (κ2) is 9.30. The van der Waals surface area contributed by atoms with Crippen LogP contribution in [-0.2, 0) is 0 Å². The van der Waals surface area contributed by atoms with Gasteiger partial charge in [0.2, 0.25) is 0 Å². The molecular formula is C27H44O3. The molecule has 3 saturated carbocycles. The minimum absolute atomic E-state index is 0.374. The minimum atomic E-state index is -0.615. The lowest BCUT2D eigenvalue weighted by molar-refractivity contribution is 0.0596. The quantitative estimate of drug-likeness (QED) is 0.520. The zero-order chi connectivity index (χ0) is 22.1. The first-order chi connectivity index (χ1) is 14.0. The third-order valence-corrected chi connectivity index (χ3v) is 8.44. The van der Waals surface area contributed by atoms with Gasteiger partial charge in [0, 0.05) is 6.42 Å². The second-order valence-corrected chi connectivity index (χ2v) is 11.3. The molecule has 0 spiro atoms. The van der Waals surface area contributed by atoms with Crippen LogP contribution >= 0.6 is 0 Å². The molecule has 3 heteroatoms. The fraction of sp³-hybridized carbons (Fsp3) is 0.778. The zero-order valence-electron chi connectivity index (χ0n) is 19.7. The van der Waals surface area contributed by atoms with Crippen molar-refractivity contribution in [3.63, 3.8) is 0 Å². The van der Waals surface area contributed by atoms with Gasteiger partial charge < -0.3 is 15.3 Å². The predicted molar refractivity (Wildman–Crippen MR) is 124 cm³/mol. The molecule has 6 atom stereocenters. The van der Waals surface area contributed by atoms with Gasteiger partial charge in [-0.15, -0.1) is 0 Å². The molecule has 0 heterocycles. The molecule has 3 aliphatic rings. The number of hydrogen-bond donors (Lipinski definition) is 3. The highest BCUT2D eigenvalue weighted by Gasteiger charge is 2.50. The topological polar surface area (TPSA) is 60.7 Å². The molecule has 3 rings (SSSR count). The average Bonchev–Trinajstić information content (AvgIpc) is 3.00. The Bertz CT molecular complexity index is 683. The summed E-state index contributed by atoms with van der Waals surface area (Å²) in [5.74, 6) is 2.11. The van der Waals surface area contributed by atoms with E-state index in [2.05, 4.69) is 32.6 Å². The van der Waals surface area contributed by atoms with Gasteiger partial charge >= 0.3 is 0 Å². The van der Waals surface area contributed by atoms with E-state index < -0.39 is 17.8 Å². The van der Waals surface area contributed by atoms with E-state index in [9.17, 15) is 15.3 Å². The Morgan fingerprint density at radius 3 is 2.67 bits per heavy atom. The number of rotatable bonds is 6. The zero-order valence-corrected chi connectivity index (χ0v) is 19.7. The van der Waals surface area contributed by atoms with Crippen molar-refractivity contribution in [3.8, 4) is 0 Å². The molecule has 3 N–H and O–H groups in total. The van der Waals surface area contributed by atoms with E-state index in [4.69, 9.17) is 0 Å². The van der Waals surface area contributed by atoms with E-state index >= 15 is 0 Å². The molecule has 0 aromatic rings. The smallest absolute Gasteiger partial charge is 0.0811 e. The SMILES string of the molecule is C=C1/C(=C/C=C2/CCCC3(C)C2CCC3[C@H](C)CCCC(C)(C)O)C[C@@H](O)C[C@@H]1O. The molecule has 3 fully saturated rings. The van der Waals surface area contributed by atoms with E-state index in [1.54, 1.807) is 5.57 Å². The van der Waals surface area contributed by atoms with Crippen molar-refractivity contribution >= 4 is 0 Å². The Balaban J connectivity index is 1.70. The molecule has 0 saturated heterocycles. The van der Waals surface area contributed by atoms with E-state index in [0.29, 0.717) is 30.1 Å². The Labute approximate surface area is 184 Å². The molecule has 0 bridgehead atoms. The summed E-state index contributed by atoms with van der Waals surface area (Å²) in [5.41, 5.74) is 3.17. The molecular weight excluding hydrogens is 372 g/mol. The van der Waals surface area contributed by atoms with Crippen LogP contribution < -0.4 is 0 Å². The third kappa shape index (κ3) is 5.29. The van der Waals surface area contributed by atoms with Crippen molar-refractivity contribution in [1.29, 1.82) is 0 Å². The van der Waals surface area contributed by atoms with Crippen LogP contribution in [0.5, 0.6) is 0 Å². The monoisotopic (exact) mass is 416 g/mol. The maximum Gasteiger partial charge on any atom is 0.0811 e. The van der Waals surface area contributed by atoms with Crippen molar-refractivity contribution in [2.75, 3.05) is 0 Å². The summed E-state index contributed by atoms with van der Waals surface area (Å²) >= 11 is 0. The maximum absolute atomic E-state index is 10.1. The van der Waals surface area contributed by atoms with Crippen LogP contribution in [0.1, 0.15) is 91.9 Å². The van der Waals surface area contributed by atoms with Crippen LogP contribution in [0.4, 0.5) is 0 Å². The van der Waals surface area contributed by atoms with Crippen molar-refractivity contribution < 1.29 is 15.3 Å². The van der Waals surface area contributed by atoms with E-state index in [0.717, 1.165) is 29.9 Å². The van der Waals surface area contributed by atoms with Crippen molar-refractivity contribution in [1.82, 2.24) is 0 Å². The Morgan fingerprint density at radius 1 is 1.23 bits per heavy atom. The second-order valence-electron chi connectivity index (χ2n) is 11.3. The highest BCUT2D eigenvalue weighted by atomic mass is 16.3. The molecule has 0 aliphatic heterocycles. The van der Waals surface area contributed by atoms with E-state index in [-0.39, 0.29) is 0 Å². The van der Waals surface area contributed by atoms with Crippen molar-refractivity contribution in [2.24, 2.45) is 23.2 Å². The van der Waals surface area contributed by atoms with Crippen LogP contribution in [0.3, 0.4) is 0 Å². The Morgan fingerprint density at radius 2 is 1.97 bits per heavy atom. The molecule has 3 nitrogen and oxygen atoms in total. The van der Waals surface area contributed by atoms with Gasteiger partial charge in [0.25, 0.3) is 0 Å². The van der Waals surface area contributed by atoms with Crippen LogP contribution in [-0.4, -0.2) is 33.1 Å². The van der Waals surface area contributed by atoms with Gasteiger partial charge in [-0.3, -0.25) is 0 Å². The summed E-state index contributed by atoms with van der Waals surface area (Å²) in [5, 5.41) is 30.2. The molecule has 0 amide bonds. The van der Waals surface area contributed by atoms with Gasteiger partial charge in [-0.2, -0.15) is 0 Å². The predicted octanol–water partition coefficient (Wildman–Crippen LogP) is 5.70. The lowest BCUT2D eigenvalue weighted by atomic mass is 9.60. The number of fused-ring (bicyclic) bond motifs is 1. The fourth-order valence-corrected chi connectivity index (χ4v) is 6.74. The number of aliphatic hydroxyl groups excluding tert-OH is 2. The molecule has 30 heavy (non-hydrogen) atoms. The first kappa shape index (κ1) is 23.8. The van der Waals surface area contributed by atoms with Crippen molar-refractivity contribution in [3.05, 3.63) is 35.5 Å². The van der Waals surface area contributed by atoms with Crippen LogP contribution in [0.15, 0.2) is 35.5 Å². The number of hydrogen-bond acceptors (Lipinski definition) is 3. The van der Waals surface area contributed by atoms with E-state index in [1.165, 1.54) is 38.5 Å². The average molecular weight is 417 g/mol. The van der Waals surface area contributed by atoms with E-state index in [1.807, 2.05) is 13.8 Å². The summed E-state index contributed by atoms with van der Waals surface area (Å²) in [4.78, 5) is 0. The summed E-state index contributed by atoms with van der Waals surface area (Å²) in [7, 11) is 0. The molecule has 0 radical (unpaired) electrons. The molecule has 3 unspecified atom stereocenters. The van der Waals surface area contributed by atoms with Crippen LogP contribution in [0.25, 0.3) is 0 Å². The lowest BCUT2D eigenvalue weighted by Crippen LogP contribution is -2.36. The number of allylic oxidation sites excluding steroid dienone is 3.